The van der Waals surface area contributed by atoms with Gasteiger partial charge in [-0.1, -0.05) is 6.08 Å². The lowest BCUT2D eigenvalue weighted by Gasteiger charge is -2.25. The first-order chi connectivity index (χ1) is 8.51. The van der Waals surface area contributed by atoms with Crippen molar-refractivity contribution in [2.45, 2.75) is 18.6 Å². The fourth-order valence-electron chi connectivity index (χ4n) is 1.07. The quantitative estimate of drug-likeness (QED) is 0.647. The molecule has 2 amide bonds. The van der Waals surface area contributed by atoms with E-state index in [1.165, 1.54) is 19.9 Å². The number of urea groups is 1. The van der Waals surface area contributed by atoms with Crippen molar-refractivity contribution in [3.05, 3.63) is 12.7 Å². The van der Waals surface area contributed by atoms with Crippen LogP contribution in [0.25, 0.3) is 0 Å². The molecule has 0 unspecified atom stereocenters. The molecule has 110 valence electrons. The highest BCUT2D eigenvalue weighted by atomic mass is 32.2. The molecule has 0 rings (SSSR count). The highest BCUT2D eigenvalue weighted by Crippen LogP contribution is 2.13. The molecular weight excluding hydrogens is 272 g/mol. The van der Waals surface area contributed by atoms with Crippen LogP contribution in [0.3, 0.4) is 0 Å². The third-order valence-electron chi connectivity index (χ3n) is 2.63. The Labute approximate surface area is 113 Å². The van der Waals surface area contributed by atoms with Gasteiger partial charge in [0.05, 0.1) is 4.75 Å². The molecule has 8 heteroatoms. The van der Waals surface area contributed by atoms with E-state index in [0.717, 1.165) is 11.2 Å². The number of carboxylic acids is 1. The van der Waals surface area contributed by atoms with Crippen LogP contribution in [0.15, 0.2) is 12.7 Å². The van der Waals surface area contributed by atoms with Gasteiger partial charge in [-0.2, -0.15) is 0 Å². The first-order valence-electron chi connectivity index (χ1n) is 5.56. The van der Waals surface area contributed by atoms with Gasteiger partial charge in [-0.15, -0.1) is 6.58 Å². The SMILES string of the molecule is C=CCN(CC(=O)O)C(=O)NCC(C)(C)S(C)(=O)=O. The molecule has 2 N–H and O–H groups in total. The lowest BCUT2D eigenvalue weighted by Crippen LogP contribution is -2.49. The van der Waals surface area contributed by atoms with Crippen LogP contribution in [0.1, 0.15) is 13.8 Å². The summed E-state index contributed by atoms with van der Waals surface area (Å²) in [6, 6.07) is -0.640. The Morgan fingerprint density at radius 3 is 2.32 bits per heavy atom. The van der Waals surface area contributed by atoms with Crippen molar-refractivity contribution >= 4 is 21.8 Å². The van der Waals surface area contributed by atoms with Crippen molar-refractivity contribution in [3.63, 3.8) is 0 Å². The number of carbonyl (C=O) groups excluding carboxylic acids is 1. The third kappa shape index (κ3) is 5.73. The molecule has 0 aliphatic rings. The highest BCUT2D eigenvalue weighted by molar-refractivity contribution is 7.92. The number of nitrogens with one attached hydrogen (secondary N) is 1. The van der Waals surface area contributed by atoms with Gasteiger partial charge in [0.15, 0.2) is 9.84 Å². The predicted octanol–water partition coefficient (Wildman–Crippen LogP) is 0.0918. The molecule has 7 nitrogen and oxygen atoms in total. The van der Waals surface area contributed by atoms with E-state index in [1.54, 1.807) is 0 Å². The summed E-state index contributed by atoms with van der Waals surface area (Å²) in [5.41, 5.74) is 0. The molecule has 0 aliphatic carbocycles. The number of carbonyl (C=O) groups is 2. The first kappa shape index (κ1) is 17.4. The zero-order chi connectivity index (χ0) is 15.3. The molecular formula is C11H20N2O5S. The molecule has 0 aromatic carbocycles. The average Bonchev–Trinajstić information content (AvgIpc) is 2.23. The van der Waals surface area contributed by atoms with E-state index in [0.29, 0.717) is 0 Å². The average molecular weight is 292 g/mol. The molecule has 0 saturated heterocycles. The predicted molar refractivity (Wildman–Crippen MR) is 71.7 cm³/mol. The van der Waals surface area contributed by atoms with Gasteiger partial charge in [-0.05, 0) is 13.8 Å². The van der Waals surface area contributed by atoms with Gasteiger partial charge >= 0.3 is 12.0 Å². The summed E-state index contributed by atoms with van der Waals surface area (Å²) in [5.74, 6) is -1.15. The number of carboxylic acid groups (broad SMARTS) is 1. The summed E-state index contributed by atoms with van der Waals surface area (Å²) in [7, 11) is -3.33. The van der Waals surface area contributed by atoms with Crippen LogP contribution in [-0.4, -0.2) is 61.1 Å². The van der Waals surface area contributed by atoms with Gasteiger partial charge in [0, 0.05) is 19.3 Å². The van der Waals surface area contributed by atoms with Crippen molar-refractivity contribution in [3.8, 4) is 0 Å². The van der Waals surface area contributed by atoms with Crippen molar-refractivity contribution in [2.24, 2.45) is 0 Å². The van der Waals surface area contributed by atoms with Crippen molar-refractivity contribution in [2.75, 3.05) is 25.9 Å². The highest BCUT2D eigenvalue weighted by Gasteiger charge is 2.31. The van der Waals surface area contributed by atoms with E-state index >= 15 is 0 Å². The van der Waals surface area contributed by atoms with Gasteiger partial charge in [0.25, 0.3) is 0 Å². The summed E-state index contributed by atoms with van der Waals surface area (Å²) in [5, 5.41) is 11.1. The number of aliphatic carboxylic acids is 1. The van der Waals surface area contributed by atoms with Gasteiger partial charge < -0.3 is 15.3 Å². The van der Waals surface area contributed by atoms with Gasteiger partial charge in [-0.3, -0.25) is 4.79 Å². The lowest BCUT2D eigenvalue weighted by molar-refractivity contribution is -0.137. The molecule has 0 saturated carbocycles. The van der Waals surface area contributed by atoms with Gasteiger partial charge in [0.2, 0.25) is 0 Å². The monoisotopic (exact) mass is 292 g/mol. The first-order valence-corrected chi connectivity index (χ1v) is 7.45. The molecule has 0 bridgehead atoms. The molecule has 0 atom stereocenters. The number of hydrogen-bond acceptors (Lipinski definition) is 4. The summed E-state index contributed by atoms with van der Waals surface area (Å²) < 4.78 is 21.8. The van der Waals surface area contributed by atoms with E-state index in [4.69, 9.17) is 5.11 Å². The molecule has 0 fully saturated rings. The standard InChI is InChI=1S/C11H20N2O5S/c1-5-6-13(7-9(14)15)10(16)12-8-11(2,3)19(4,17)18/h5H,1,6-8H2,2-4H3,(H,12,16)(H,14,15). The molecule has 0 aromatic heterocycles. The van der Waals surface area contributed by atoms with Crippen LogP contribution in [-0.2, 0) is 14.6 Å². The van der Waals surface area contributed by atoms with Crippen LogP contribution in [0.5, 0.6) is 0 Å². The third-order valence-corrected chi connectivity index (χ3v) is 4.78. The van der Waals surface area contributed by atoms with Crippen LogP contribution in [0.4, 0.5) is 4.79 Å². The number of sulfone groups is 1. The second kappa shape index (κ2) is 6.55. The zero-order valence-electron chi connectivity index (χ0n) is 11.3. The number of hydrogen-bond donors (Lipinski definition) is 2. The normalized spacial score (nSPS) is 11.7. The molecule has 0 spiro atoms. The maximum Gasteiger partial charge on any atom is 0.323 e. The number of nitrogens with zero attached hydrogens (tertiary/aromatic N) is 1. The summed E-state index contributed by atoms with van der Waals surface area (Å²) in [4.78, 5) is 23.4. The maximum atomic E-state index is 11.8. The minimum Gasteiger partial charge on any atom is -0.480 e. The van der Waals surface area contributed by atoms with E-state index in [2.05, 4.69) is 11.9 Å². The minimum absolute atomic E-state index is 0.0669. The molecule has 19 heavy (non-hydrogen) atoms. The Hall–Kier alpha value is -1.57. The second-order valence-corrected chi connectivity index (χ2v) is 7.40. The van der Waals surface area contributed by atoms with Crippen molar-refractivity contribution in [1.82, 2.24) is 10.2 Å². The van der Waals surface area contributed by atoms with E-state index in [9.17, 15) is 18.0 Å². The van der Waals surface area contributed by atoms with E-state index in [1.807, 2.05) is 0 Å². The largest absolute Gasteiger partial charge is 0.480 e. The van der Waals surface area contributed by atoms with Gasteiger partial charge in [-0.25, -0.2) is 13.2 Å². The second-order valence-electron chi connectivity index (χ2n) is 4.75. The van der Waals surface area contributed by atoms with Crippen molar-refractivity contribution < 1.29 is 23.1 Å². The Balaban J connectivity index is 4.66. The van der Waals surface area contributed by atoms with Crippen LogP contribution >= 0.6 is 0 Å². The van der Waals surface area contributed by atoms with Gasteiger partial charge in [0.1, 0.15) is 6.54 Å². The number of amides is 2. The maximum absolute atomic E-state index is 11.8. The molecule has 0 radical (unpaired) electrons. The Bertz CT molecular complexity index is 456. The summed E-state index contributed by atoms with van der Waals surface area (Å²) in [6.07, 6.45) is 2.47. The minimum atomic E-state index is -3.33. The Morgan fingerprint density at radius 2 is 1.95 bits per heavy atom. The fraction of sp³-hybridized carbons (Fsp3) is 0.636. The fourth-order valence-corrected chi connectivity index (χ4v) is 1.40. The van der Waals surface area contributed by atoms with Crippen LogP contribution in [0.2, 0.25) is 0 Å². The van der Waals surface area contributed by atoms with E-state index < -0.39 is 33.1 Å². The van der Waals surface area contributed by atoms with E-state index in [-0.39, 0.29) is 13.1 Å². The summed E-state index contributed by atoms with van der Waals surface area (Å²) in [6.45, 7) is 5.89. The lowest BCUT2D eigenvalue weighted by atomic mass is 10.2. The van der Waals surface area contributed by atoms with Crippen molar-refractivity contribution in [1.29, 1.82) is 0 Å². The van der Waals surface area contributed by atoms with Crippen LogP contribution < -0.4 is 5.32 Å². The number of rotatable bonds is 7. The Morgan fingerprint density at radius 1 is 1.42 bits per heavy atom. The summed E-state index contributed by atoms with van der Waals surface area (Å²) >= 11 is 0. The zero-order valence-corrected chi connectivity index (χ0v) is 12.2. The van der Waals surface area contributed by atoms with Crippen LogP contribution in [0, 0.1) is 0 Å². The molecule has 0 heterocycles. The molecule has 0 aliphatic heterocycles. The Kier molecular flexibility index (Phi) is 6.01. The smallest absolute Gasteiger partial charge is 0.323 e. The molecule has 0 aromatic rings. The topological polar surface area (TPSA) is 104 Å².